The molecule has 0 saturated carbocycles. The Morgan fingerprint density at radius 1 is 0.833 bits per heavy atom. The van der Waals surface area contributed by atoms with Crippen molar-refractivity contribution in [1.82, 2.24) is 19.6 Å². The normalized spacial score (nSPS) is 24.1. The van der Waals surface area contributed by atoms with E-state index in [2.05, 4.69) is 51.6 Å². The third-order valence-electron chi connectivity index (χ3n) is 5.50. The van der Waals surface area contributed by atoms with Gasteiger partial charge in [-0.05, 0) is 20.6 Å². The highest BCUT2D eigenvalue weighted by molar-refractivity contribution is 6.72. The topological polar surface area (TPSA) is 31.4 Å². The zero-order chi connectivity index (χ0) is 17.6. The Balaban J connectivity index is 2.01. The first-order valence-corrected chi connectivity index (χ1v) is 13.1. The molecule has 2 heterocycles. The van der Waals surface area contributed by atoms with Crippen LogP contribution in [0.4, 0.5) is 0 Å². The number of hydrogen-bond acceptors (Lipinski definition) is 6. The Morgan fingerprint density at radius 3 is 1.62 bits per heavy atom. The molecule has 2 aliphatic heterocycles. The summed E-state index contributed by atoms with van der Waals surface area (Å²) in [4.78, 5) is 10.3. The Kier molecular flexibility index (Phi) is 8.08. The molecule has 8 heteroatoms. The summed E-state index contributed by atoms with van der Waals surface area (Å²) in [7, 11) is 5.52. The van der Waals surface area contributed by atoms with Crippen LogP contribution in [0.25, 0.3) is 0 Å². The lowest BCUT2D eigenvalue weighted by Crippen LogP contribution is -2.61. The van der Waals surface area contributed by atoms with E-state index in [4.69, 9.17) is 8.85 Å². The van der Waals surface area contributed by atoms with Crippen LogP contribution in [0.3, 0.4) is 0 Å². The maximum atomic E-state index is 5.60. The lowest BCUT2D eigenvalue weighted by atomic mass is 10.3. The smallest absolute Gasteiger partial charge is 0.360 e. The van der Waals surface area contributed by atoms with E-state index in [1.807, 2.05) is 0 Å². The molecule has 24 heavy (non-hydrogen) atoms. The molecule has 2 fully saturated rings. The van der Waals surface area contributed by atoms with Crippen molar-refractivity contribution in [1.29, 1.82) is 0 Å². The molecule has 140 valence electrons. The van der Waals surface area contributed by atoms with Crippen LogP contribution in [0.15, 0.2) is 11.4 Å². The number of piperazine rings is 2. The Bertz CT molecular complexity index is 372. The zero-order valence-electron chi connectivity index (χ0n) is 16.2. The van der Waals surface area contributed by atoms with Crippen LogP contribution in [-0.4, -0.2) is 124 Å². The Labute approximate surface area is 151 Å². The fourth-order valence-corrected chi connectivity index (χ4v) is 7.66. The molecule has 0 bridgehead atoms. The summed E-state index contributed by atoms with van der Waals surface area (Å²) in [5, 5.41) is 0. The number of hydrogen-bond donors (Lipinski definition) is 0. The minimum Gasteiger partial charge on any atom is -0.395 e. The standard InChI is InChI=1S/C16H36N4O2Si2/c1-17-6-10-19(11-7-17)16(20-12-8-18(2)9-13-20)23-14-15-24(5,21-3)22-4/h14-16H,6-13,23H2,1-5H3. The second-order valence-corrected chi connectivity index (χ2v) is 12.1. The highest BCUT2D eigenvalue weighted by atomic mass is 28.4. The van der Waals surface area contributed by atoms with Crippen molar-refractivity contribution in [2.75, 3.05) is 80.7 Å². The van der Waals surface area contributed by atoms with E-state index in [-0.39, 0.29) is 9.52 Å². The lowest BCUT2D eigenvalue weighted by molar-refractivity contribution is 0.0318. The first-order chi connectivity index (χ1) is 11.5. The summed E-state index contributed by atoms with van der Waals surface area (Å²) >= 11 is 0. The van der Waals surface area contributed by atoms with E-state index >= 15 is 0 Å². The summed E-state index contributed by atoms with van der Waals surface area (Å²) in [5.74, 6) is 0.635. The van der Waals surface area contributed by atoms with Crippen molar-refractivity contribution in [3.8, 4) is 0 Å². The minimum absolute atomic E-state index is 0.388. The molecular weight excluding hydrogens is 336 g/mol. The fourth-order valence-electron chi connectivity index (χ4n) is 3.39. The molecule has 0 unspecified atom stereocenters. The predicted octanol–water partition coefficient (Wildman–Crippen LogP) is -0.649. The van der Waals surface area contributed by atoms with E-state index in [1.54, 1.807) is 14.2 Å². The molecule has 0 aromatic heterocycles. The van der Waals surface area contributed by atoms with Gasteiger partial charge in [-0.3, -0.25) is 9.80 Å². The van der Waals surface area contributed by atoms with E-state index in [9.17, 15) is 0 Å². The second-order valence-electron chi connectivity index (χ2n) is 7.22. The summed E-state index contributed by atoms with van der Waals surface area (Å²) in [5.41, 5.74) is 4.68. The summed E-state index contributed by atoms with van der Waals surface area (Å²) in [6, 6.07) is 0. The Hall–Kier alpha value is -0.0662. The predicted molar refractivity (Wildman–Crippen MR) is 105 cm³/mol. The van der Waals surface area contributed by atoms with Crippen molar-refractivity contribution >= 4 is 18.1 Å². The van der Waals surface area contributed by atoms with E-state index in [1.165, 1.54) is 52.4 Å². The molecular formula is C16H36N4O2Si2. The Morgan fingerprint density at radius 2 is 1.25 bits per heavy atom. The average Bonchev–Trinajstić information content (AvgIpc) is 2.60. The SMILES string of the molecule is CO[Si](C)(C=C[SiH2]C(N1CCN(C)CC1)N1CCN(C)CC1)OC. The molecule has 2 saturated heterocycles. The summed E-state index contributed by atoms with van der Waals surface area (Å²) < 4.78 is 11.2. The number of nitrogens with zero attached hydrogens (tertiary/aromatic N) is 4. The van der Waals surface area contributed by atoms with Crippen LogP contribution in [0.1, 0.15) is 0 Å². The first-order valence-electron chi connectivity index (χ1n) is 9.10. The largest absolute Gasteiger partial charge is 0.395 e. The van der Waals surface area contributed by atoms with E-state index in [0.29, 0.717) is 5.79 Å². The third kappa shape index (κ3) is 5.74. The van der Waals surface area contributed by atoms with Crippen LogP contribution in [0.5, 0.6) is 0 Å². The molecule has 2 rings (SSSR count). The molecule has 6 nitrogen and oxygen atoms in total. The first kappa shape index (κ1) is 20.2. The second kappa shape index (κ2) is 9.58. The average molecular weight is 373 g/mol. The minimum atomic E-state index is -2.08. The molecule has 2 aliphatic rings. The van der Waals surface area contributed by atoms with Crippen molar-refractivity contribution in [3.05, 3.63) is 11.4 Å². The molecule has 0 aliphatic carbocycles. The van der Waals surface area contributed by atoms with Gasteiger partial charge in [0.1, 0.15) is 0 Å². The summed E-state index contributed by atoms with van der Waals surface area (Å²) in [6.07, 6.45) is 0. The third-order valence-corrected chi connectivity index (χ3v) is 10.4. The van der Waals surface area contributed by atoms with Gasteiger partial charge >= 0.3 is 8.56 Å². The van der Waals surface area contributed by atoms with Gasteiger partial charge in [-0.1, -0.05) is 5.70 Å². The van der Waals surface area contributed by atoms with Crippen molar-refractivity contribution in [3.63, 3.8) is 0 Å². The van der Waals surface area contributed by atoms with Gasteiger partial charge < -0.3 is 18.7 Å². The van der Waals surface area contributed by atoms with Crippen LogP contribution in [0.2, 0.25) is 6.55 Å². The van der Waals surface area contributed by atoms with Crippen molar-refractivity contribution in [2.45, 2.75) is 12.3 Å². The van der Waals surface area contributed by atoms with Gasteiger partial charge in [0.05, 0.1) is 9.52 Å². The molecule has 0 N–H and O–H groups in total. The molecule has 0 radical (unpaired) electrons. The van der Waals surface area contributed by atoms with Gasteiger partial charge in [-0.2, -0.15) is 0 Å². The van der Waals surface area contributed by atoms with Crippen LogP contribution < -0.4 is 0 Å². The van der Waals surface area contributed by atoms with Crippen molar-refractivity contribution < 1.29 is 8.85 Å². The van der Waals surface area contributed by atoms with Gasteiger partial charge in [0.2, 0.25) is 0 Å². The van der Waals surface area contributed by atoms with Gasteiger partial charge in [0.15, 0.2) is 0 Å². The van der Waals surface area contributed by atoms with E-state index in [0.717, 1.165) is 0 Å². The number of rotatable bonds is 7. The molecule has 0 amide bonds. The van der Waals surface area contributed by atoms with E-state index < -0.39 is 8.56 Å². The fraction of sp³-hybridized carbons (Fsp3) is 0.875. The zero-order valence-corrected chi connectivity index (χ0v) is 18.6. The monoisotopic (exact) mass is 372 g/mol. The molecule has 0 atom stereocenters. The maximum Gasteiger partial charge on any atom is 0.360 e. The quantitative estimate of drug-likeness (QED) is 0.552. The molecule has 0 spiro atoms. The van der Waals surface area contributed by atoms with Gasteiger partial charge in [0.25, 0.3) is 0 Å². The lowest BCUT2D eigenvalue weighted by Gasteiger charge is -2.45. The highest BCUT2D eigenvalue weighted by Crippen LogP contribution is 2.13. The molecule has 0 aromatic rings. The van der Waals surface area contributed by atoms with Gasteiger partial charge in [-0.25, -0.2) is 0 Å². The summed E-state index contributed by atoms with van der Waals surface area (Å²) in [6.45, 7) is 11.6. The van der Waals surface area contributed by atoms with Crippen LogP contribution in [0, 0.1) is 0 Å². The van der Waals surface area contributed by atoms with Crippen LogP contribution >= 0.6 is 0 Å². The van der Waals surface area contributed by atoms with Crippen molar-refractivity contribution in [2.24, 2.45) is 0 Å². The van der Waals surface area contributed by atoms with Gasteiger partial charge in [-0.15, -0.1) is 5.70 Å². The van der Waals surface area contributed by atoms with Gasteiger partial charge in [0, 0.05) is 72.4 Å². The maximum absolute atomic E-state index is 5.60. The number of likely N-dealkylation sites (N-methyl/N-ethyl adjacent to an activating group) is 2. The van der Waals surface area contributed by atoms with Crippen LogP contribution in [-0.2, 0) is 8.85 Å². The molecule has 0 aromatic carbocycles. The highest BCUT2D eigenvalue weighted by Gasteiger charge is 2.30.